The Hall–Kier alpha value is -18.4. The summed E-state index contributed by atoms with van der Waals surface area (Å²) < 4.78 is 0. The molecule has 0 N–H and O–H groups in total. The fraction of sp³-hybridized carbons (Fsp3) is 0.0222. The second kappa shape index (κ2) is 34.8. The summed E-state index contributed by atoms with van der Waals surface area (Å²) in [7, 11) is 0. The van der Waals surface area contributed by atoms with Crippen molar-refractivity contribution in [3.05, 3.63) is 601 Å². The Kier molecular flexibility index (Phi) is 20.5. The Morgan fingerprint density at radius 2 is 0.418 bits per heavy atom. The first-order valence-corrected chi connectivity index (χ1v) is 48.3. The zero-order valence-corrected chi connectivity index (χ0v) is 77.0. The van der Waals surface area contributed by atoms with Crippen LogP contribution in [0.15, 0.2) is 534 Å². The Morgan fingerprint density at radius 1 is 0.135 bits per heavy atom. The fourth-order valence-corrected chi connectivity index (χ4v) is 22.9. The Bertz CT molecular complexity index is 9010. The van der Waals surface area contributed by atoms with Gasteiger partial charge in [0.2, 0.25) is 0 Å². The lowest BCUT2D eigenvalue weighted by molar-refractivity contribution is 0.769. The first-order valence-electron chi connectivity index (χ1n) is 48.3. The van der Waals surface area contributed by atoms with Gasteiger partial charge in [0.15, 0.2) is 5.82 Å². The highest BCUT2D eigenvalue weighted by Crippen LogP contribution is 2.62. The molecule has 658 valence electrons. The number of fused-ring (bicyclic) bond motifs is 15. The van der Waals surface area contributed by atoms with Crippen LogP contribution in [0.5, 0.6) is 0 Å². The number of hydrogen-bond acceptors (Lipinski definition) is 6. The van der Waals surface area contributed by atoms with E-state index in [-0.39, 0.29) is 0 Å². The molecule has 3 aromatic heterocycles. The molecule has 0 fully saturated rings. The van der Waals surface area contributed by atoms with Crippen LogP contribution in [0.1, 0.15) is 66.8 Å². The molecule has 3 aliphatic carbocycles. The summed E-state index contributed by atoms with van der Waals surface area (Å²) in [5.74, 6) is 0.728. The zero-order chi connectivity index (χ0) is 93.4. The molecule has 6 nitrogen and oxygen atoms in total. The van der Waals surface area contributed by atoms with E-state index in [0.29, 0.717) is 0 Å². The highest BCUT2D eigenvalue weighted by molar-refractivity contribution is 6.04. The van der Waals surface area contributed by atoms with Crippen LogP contribution in [0.3, 0.4) is 0 Å². The second-order valence-electron chi connectivity index (χ2n) is 36.8. The minimum Gasteiger partial charge on any atom is -0.244 e. The van der Waals surface area contributed by atoms with Crippen molar-refractivity contribution in [3.63, 3.8) is 0 Å². The van der Waals surface area contributed by atoms with Crippen molar-refractivity contribution in [2.24, 2.45) is 0 Å². The minimum absolute atomic E-state index is 0.473. The van der Waals surface area contributed by atoms with Crippen molar-refractivity contribution in [1.29, 1.82) is 0 Å². The van der Waals surface area contributed by atoms with Gasteiger partial charge in [-0.05, 0) is 217 Å². The summed E-state index contributed by atoms with van der Waals surface area (Å²) in [5, 5.41) is 8.51. The summed E-state index contributed by atoms with van der Waals surface area (Å²) in [6, 6.07) is 192. The normalized spacial score (nSPS) is 13.0. The van der Waals surface area contributed by atoms with Crippen molar-refractivity contribution in [2.45, 2.75) is 16.2 Å². The van der Waals surface area contributed by atoms with Crippen molar-refractivity contribution in [3.8, 4) is 112 Å². The van der Waals surface area contributed by atoms with Crippen LogP contribution < -0.4 is 0 Å². The van der Waals surface area contributed by atoms with Crippen LogP contribution in [0, 0.1) is 0 Å². The molecule has 3 aliphatic rings. The van der Waals surface area contributed by atoms with Crippen LogP contribution in [0.2, 0.25) is 0 Å². The standard InChI is InChI=1S/C49H32N2.2C43H28N2/c1-5-16-33(17-6-1)46-47(34-18-7-2-8-19-34)51-48-40(26-15-27-45(48)50-46)37-28-29-43-41(31-37)42-30-35-20-13-14-21-36(35)32-44(42)49(43,38-22-9-3-10-23-38)39-24-11-4-12-25-39;1-4-14-29(15-5-1)41-42(45-40-23-13-12-22-39(40)44-41)32-24-25-35-36-26-30-16-10-11-17-31(30)27-38(36)43(37(35)28-32,33-18-6-2-7-19-33)34-20-8-3-9-21-34;1-4-14-29(15-5-1)41-36-22-12-13-23-40(36)44-42(45-41)32-24-25-35-37-26-30-16-10-11-17-31(30)27-39(37)43(38(35)28-32,33-18-6-2-7-19-33)34-20-8-3-9-21-34/h1-32H;2*1-28H. The first kappa shape index (κ1) is 83.2. The molecular formula is C135H88N6. The molecule has 0 bridgehead atoms. The van der Waals surface area contributed by atoms with Gasteiger partial charge in [-0.1, -0.05) is 455 Å². The molecule has 0 saturated carbocycles. The molecular weight excluding hydrogens is 1710 g/mol. The van der Waals surface area contributed by atoms with Gasteiger partial charge in [0.1, 0.15) is 0 Å². The fourth-order valence-electron chi connectivity index (χ4n) is 22.9. The third-order valence-corrected chi connectivity index (χ3v) is 29.2. The van der Waals surface area contributed by atoms with Gasteiger partial charge in [-0.25, -0.2) is 29.9 Å². The lowest BCUT2D eigenvalue weighted by Crippen LogP contribution is -2.28. The summed E-state index contributed by atoms with van der Waals surface area (Å²) in [5.41, 5.74) is 38.7. The third-order valence-electron chi connectivity index (χ3n) is 29.2. The quantitative estimate of drug-likeness (QED) is 0.114. The van der Waals surface area contributed by atoms with E-state index in [2.05, 4.69) is 479 Å². The molecule has 22 aromatic carbocycles. The van der Waals surface area contributed by atoms with Gasteiger partial charge in [0, 0.05) is 44.3 Å². The Labute approximate surface area is 818 Å². The largest absolute Gasteiger partial charge is 0.244 e. The minimum atomic E-state index is -0.510. The second-order valence-corrected chi connectivity index (χ2v) is 36.8. The van der Waals surface area contributed by atoms with Crippen LogP contribution in [0.4, 0.5) is 0 Å². The molecule has 141 heavy (non-hydrogen) atoms. The Balaban J connectivity index is 0.000000109. The van der Waals surface area contributed by atoms with E-state index in [1.807, 2.05) is 54.6 Å². The van der Waals surface area contributed by atoms with Crippen molar-refractivity contribution >= 4 is 65.3 Å². The highest BCUT2D eigenvalue weighted by atomic mass is 14.9. The predicted molar refractivity (Wildman–Crippen MR) is 581 cm³/mol. The monoisotopic (exact) mass is 1790 g/mol. The first-order chi connectivity index (χ1) is 69.9. The lowest BCUT2D eigenvalue weighted by Gasteiger charge is -2.34. The molecule has 28 rings (SSSR count). The molecule has 0 saturated heterocycles. The van der Waals surface area contributed by atoms with Crippen LogP contribution in [0.25, 0.3) is 177 Å². The molecule has 0 radical (unpaired) electrons. The van der Waals surface area contributed by atoms with E-state index < -0.39 is 16.2 Å². The van der Waals surface area contributed by atoms with Gasteiger partial charge in [-0.2, -0.15) is 0 Å². The number of hydrogen-bond donors (Lipinski definition) is 0. The average Bonchev–Trinajstić information content (AvgIpc) is 1.53. The maximum Gasteiger partial charge on any atom is 0.160 e. The summed E-state index contributed by atoms with van der Waals surface area (Å²) >= 11 is 0. The number of aromatic nitrogens is 6. The maximum atomic E-state index is 5.44. The maximum absolute atomic E-state index is 5.44. The Morgan fingerprint density at radius 3 is 0.830 bits per heavy atom. The van der Waals surface area contributed by atoms with Crippen LogP contribution in [-0.2, 0) is 16.2 Å². The summed E-state index contributed by atoms with van der Waals surface area (Å²) in [6.45, 7) is 0. The van der Waals surface area contributed by atoms with Crippen molar-refractivity contribution in [2.75, 3.05) is 0 Å². The van der Waals surface area contributed by atoms with E-state index >= 15 is 0 Å². The van der Waals surface area contributed by atoms with E-state index in [1.165, 1.54) is 132 Å². The van der Waals surface area contributed by atoms with Gasteiger partial charge < -0.3 is 0 Å². The van der Waals surface area contributed by atoms with Crippen LogP contribution in [-0.4, -0.2) is 29.9 Å². The lowest BCUT2D eigenvalue weighted by atomic mass is 9.67. The van der Waals surface area contributed by atoms with Gasteiger partial charge in [0.05, 0.1) is 72.3 Å². The molecule has 25 aromatic rings. The number of nitrogens with zero attached hydrogens (tertiary/aromatic N) is 6. The molecule has 0 aliphatic heterocycles. The van der Waals surface area contributed by atoms with Crippen molar-refractivity contribution in [1.82, 2.24) is 29.9 Å². The third kappa shape index (κ3) is 13.9. The van der Waals surface area contributed by atoms with Crippen LogP contribution >= 0.6 is 0 Å². The molecule has 0 spiro atoms. The molecule has 0 unspecified atom stereocenters. The van der Waals surface area contributed by atoms with E-state index in [0.717, 1.165) is 112 Å². The number of rotatable bonds is 13. The van der Waals surface area contributed by atoms with Gasteiger partial charge in [-0.3, -0.25) is 0 Å². The van der Waals surface area contributed by atoms with E-state index in [4.69, 9.17) is 29.9 Å². The summed E-state index contributed by atoms with van der Waals surface area (Å²) in [4.78, 5) is 31.6. The topological polar surface area (TPSA) is 77.3 Å². The van der Waals surface area contributed by atoms with Gasteiger partial charge in [0.25, 0.3) is 0 Å². The number of para-hydroxylation sites is 4. The number of benzene rings is 22. The zero-order valence-electron chi connectivity index (χ0n) is 77.0. The summed E-state index contributed by atoms with van der Waals surface area (Å²) in [6.07, 6.45) is 0. The average molecular weight is 1790 g/mol. The highest BCUT2D eigenvalue weighted by Gasteiger charge is 2.50. The SMILES string of the molecule is c1ccc(-c2nc(-c3ccc4c(c3)C(c3ccccc3)(c3ccccc3)c3cc5ccccc5cc3-4)nc3ccccc23)cc1.c1ccc(-c2nc3cccc(-c4ccc5c(c4)-c4cc6ccccc6cc4C5(c4ccccc4)c4ccccc4)c3nc2-c2ccccc2)cc1.c1ccc(-c2nc3ccccc3nc2-c2ccc3c(c2)C(c2ccccc2)(c2ccccc2)c2cc4ccccc4cc2-3)cc1. The molecule has 6 heteroatoms. The van der Waals surface area contributed by atoms with E-state index in [9.17, 15) is 0 Å². The van der Waals surface area contributed by atoms with E-state index in [1.54, 1.807) is 0 Å². The van der Waals surface area contributed by atoms with Gasteiger partial charge >= 0.3 is 0 Å². The van der Waals surface area contributed by atoms with Gasteiger partial charge in [-0.15, -0.1) is 0 Å². The molecule has 3 heterocycles. The molecule has 0 atom stereocenters. The predicted octanol–water partition coefficient (Wildman–Crippen LogP) is 33.1. The molecule has 0 amide bonds. The van der Waals surface area contributed by atoms with Crippen molar-refractivity contribution < 1.29 is 0 Å². The smallest absolute Gasteiger partial charge is 0.160 e.